The molecule has 0 saturated carbocycles. The van der Waals surface area contributed by atoms with Crippen LogP contribution in [0.25, 0.3) is 0 Å². The maximum absolute atomic E-state index is 13.3. The van der Waals surface area contributed by atoms with E-state index >= 15 is 0 Å². The minimum absolute atomic E-state index is 0.0322. The van der Waals surface area contributed by atoms with Crippen LogP contribution < -0.4 is 9.47 Å². The molecule has 9 heteroatoms. The van der Waals surface area contributed by atoms with Gasteiger partial charge in [0, 0.05) is 11.6 Å². The van der Waals surface area contributed by atoms with Crippen molar-refractivity contribution < 1.29 is 27.8 Å². The Kier molecular flexibility index (Phi) is 6.90. The monoisotopic (exact) mass is 453 g/mol. The van der Waals surface area contributed by atoms with Crippen molar-refractivity contribution in [2.45, 2.75) is 37.6 Å². The van der Waals surface area contributed by atoms with E-state index in [1.165, 1.54) is 16.4 Å². The van der Waals surface area contributed by atoms with Gasteiger partial charge < -0.3 is 14.6 Å². The van der Waals surface area contributed by atoms with Gasteiger partial charge in [-0.3, -0.25) is 4.79 Å². The molecule has 30 heavy (non-hydrogen) atoms. The SMILES string of the molecule is CCOc1cc2c(cc1OCC)C(CC(=O)O)N(S(=O)(=O)c1cccc(Cl)c1)CC2. The van der Waals surface area contributed by atoms with E-state index < -0.39 is 22.0 Å². The maximum atomic E-state index is 13.3. The van der Waals surface area contributed by atoms with E-state index in [0.717, 1.165) is 5.56 Å². The average molecular weight is 454 g/mol. The third-order valence-corrected chi connectivity index (χ3v) is 7.02. The van der Waals surface area contributed by atoms with Crippen molar-refractivity contribution in [1.82, 2.24) is 4.31 Å². The summed E-state index contributed by atoms with van der Waals surface area (Å²) in [4.78, 5) is 11.7. The van der Waals surface area contributed by atoms with Crippen LogP contribution in [-0.2, 0) is 21.2 Å². The first-order valence-corrected chi connectivity index (χ1v) is 11.5. The number of fused-ring (bicyclic) bond motifs is 1. The molecule has 0 saturated heterocycles. The Morgan fingerprint density at radius 2 is 1.83 bits per heavy atom. The van der Waals surface area contributed by atoms with Crippen molar-refractivity contribution >= 4 is 27.6 Å². The molecule has 1 N–H and O–H groups in total. The van der Waals surface area contributed by atoms with Crippen molar-refractivity contribution in [3.05, 3.63) is 52.5 Å². The summed E-state index contributed by atoms with van der Waals surface area (Å²) < 4.78 is 39.3. The number of rotatable bonds is 8. The van der Waals surface area contributed by atoms with Crippen LogP contribution in [0.1, 0.15) is 37.4 Å². The zero-order valence-corrected chi connectivity index (χ0v) is 18.4. The molecule has 0 radical (unpaired) electrons. The van der Waals surface area contributed by atoms with Gasteiger partial charge in [-0.05, 0) is 61.7 Å². The summed E-state index contributed by atoms with van der Waals surface area (Å²) in [5.74, 6) is -0.0557. The van der Waals surface area contributed by atoms with Crippen molar-refractivity contribution in [2.75, 3.05) is 19.8 Å². The fraction of sp³-hybridized carbons (Fsp3) is 0.381. The lowest BCUT2D eigenvalue weighted by Gasteiger charge is -2.36. The molecule has 1 heterocycles. The summed E-state index contributed by atoms with van der Waals surface area (Å²) >= 11 is 5.99. The number of carbonyl (C=O) groups is 1. The lowest BCUT2D eigenvalue weighted by molar-refractivity contribution is -0.138. The summed E-state index contributed by atoms with van der Waals surface area (Å²) in [5, 5.41) is 9.80. The Hall–Kier alpha value is -2.29. The smallest absolute Gasteiger partial charge is 0.305 e. The third kappa shape index (κ3) is 4.55. The van der Waals surface area contributed by atoms with E-state index in [0.29, 0.717) is 41.7 Å². The topological polar surface area (TPSA) is 93.1 Å². The summed E-state index contributed by atoms with van der Waals surface area (Å²) in [5.41, 5.74) is 1.46. The highest BCUT2D eigenvalue weighted by Gasteiger charge is 2.38. The summed E-state index contributed by atoms with van der Waals surface area (Å²) in [7, 11) is -3.95. The Balaban J connectivity index is 2.11. The second-order valence-electron chi connectivity index (χ2n) is 6.80. The molecule has 1 unspecified atom stereocenters. The fourth-order valence-electron chi connectivity index (χ4n) is 3.65. The molecular weight excluding hydrogens is 430 g/mol. The van der Waals surface area contributed by atoms with E-state index in [-0.39, 0.29) is 17.9 Å². The van der Waals surface area contributed by atoms with Crippen LogP contribution in [-0.4, -0.2) is 43.6 Å². The fourth-order valence-corrected chi connectivity index (χ4v) is 5.56. The molecule has 7 nitrogen and oxygen atoms in total. The molecule has 0 spiro atoms. The number of sulfonamides is 1. The highest BCUT2D eigenvalue weighted by molar-refractivity contribution is 7.89. The number of halogens is 1. The molecule has 2 aromatic rings. The number of aliphatic carboxylic acids is 1. The maximum Gasteiger partial charge on any atom is 0.305 e. The number of hydrogen-bond donors (Lipinski definition) is 1. The van der Waals surface area contributed by atoms with Gasteiger partial charge in [0.25, 0.3) is 0 Å². The summed E-state index contributed by atoms with van der Waals surface area (Å²) in [6, 6.07) is 8.63. The predicted octanol–water partition coefficient (Wildman–Crippen LogP) is 3.90. The normalized spacial score (nSPS) is 16.7. The number of hydrogen-bond acceptors (Lipinski definition) is 5. The lowest BCUT2D eigenvalue weighted by Crippen LogP contribution is -2.41. The number of carboxylic acid groups (broad SMARTS) is 1. The standard InChI is InChI=1S/C21H24ClNO6S/c1-3-28-19-10-14-8-9-23(30(26,27)16-7-5-6-15(22)11-16)18(13-21(24)25)17(14)12-20(19)29-4-2/h5-7,10-12,18H,3-4,8-9,13H2,1-2H3,(H,24,25). The van der Waals surface area contributed by atoms with Gasteiger partial charge in [-0.1, -0.05) is 17.7 Å². The van der Waals surface area contributed by atoms with E-state index in [4.69, 9.17) is 21.1 Å². The Morgan fingerprint density at radius 3 is 2.43 bits per heavy atom. The highest BCUT2D eigenvalue weighted by atomic mass is 35.5. The molecule has 0 aliphatic carbocycles. The first-order chi connectivity index (χ1) is 14.3. The predicted molar refractivity (Wildman–Crippen MR) is 113 cm³/mol. The van der Waals surface area contributed by atoms with E-state index in [9.17, 15) is 18.3 Å². The Bertz CT molecular complexity index is 1040. The minimum atomic E-state index is -3.95. The zero-order chi connectivity index (χ0) is 21.9. The van der Waals surface area contributed by atoms with Crippen LogP contribution in [0, 0.1) is 0 Å². The van der Waals surface area contributed by atoms with E-state index in [1.807, 2.05) is 19.9 Å². The molecular formula is C21H24ClNO6S. The summed E-state index contributed by atoms with van der Waals surface area (Å²) in [6.07, 6.45) is 0.0596. The molecule has 162 valence electrons. The molecule has 0 amide bonds. The molecule has 1 aliphatic heterocycles. The molecule has 3 rings (SSSR count). The third-order valence-electron chi connectivity index (χ3n) is 4.88. The number of nitrogens with zero attached hydrogens (tertiary/aromatic N) is 1. The lowest BCUT2D eigenvalue weighted by atomic mass is 9.91. The van der Waals surface area contributed by atoms with Crippen LogP contribution in [0.2, 0.25) is 5.02 Å². The molecule has 0 aromatic heterocycles. The molecule has 2 aromatic carbocycles. The van der Waals surface area contributed by atoms with Crippen LogP contribution in [0.4, 0.5) is 0 Å². The molecule has 1 aliphatic rings. The van der Waals surface area contributed by atoms with Crippen molar-refractivity contribution in [1.29, 1.82) is 0 Å². The number of ether oxygens (including phenoxy) is 2. The van der Waals surface area contributed by atoms with Crippen molar-refractivity contribution in [2.24, 2.45) is 0 Å². The second-order valence-corrected chi connectivity index (χ2v) is 9.13. The molecule has 0 bridgehead atoms. The van der Waals surface area contributed by atoms with Crippen LogP contribution >= 0.6 is 11.6 Å². The van der Waals surface area contributed by atoms with Gasteiger partial charge in [-0.25, -0.2) is 8.42 Å². The summed E-state index contributed by atoms with van der Waals surface area (Å²) in [6.45, 7) is 4.69. The van der Waals surface area contributed by atoms with Crippen molar-refractivity contribution in [3.63, 3.8) is 0 Å². The van der Waals surface area contributed by atoms with Gasteiger partial charge in [-0.15, -0.1) is 0 Å². The first kappa shape index (κ1) is 22.4. The van der Waals surface area contributed by atoms with Crippen LogP contribution in [0.3, 0.4) is 0 Å². The minimum Gasteiger partial charge on any atom is -0.490 e. The molecule has 1 atom stereocenters. The second kappa shape index (κ2) is 9.24. The average Bonchev–Trinajstić information content (AvgIpc) is 2.68. The first-order valence-electron chi connectivity index (χ1n) is 9.69. The van der Waals surface area contributed by atoms with Gasteiger partial charge in [0.2, 0.25) is 10.0 Å². The van der Waals surface area contributed by atoms with Crippen LogP contribution in [0.15, 0.2) is 41.3 Å². The van der Waals surface area contributed by atoms with Gasteiger partial charge in [0.1, 0.15) is 0 Å². The van der Waals surface area contributed by atoms with Gasteiger partial charge in [0.15, 0.2) is 11.5 Å². The zero-order valence-electron chi connectivity index (χ0n) is 16.8. The molecule has 0 fully saturated rings. The van der Waals surface area contributed by atoms with Gasteiger partial charge >= 0.3 is 5.97 Å². The van der Waals surface area contributed by atoms with E-state index in [2.05, 4.69) is 0 Å². The Morgan fingerprint density at radius 1 is 1.17 bits per heavy atom. The van der Waals surface area contributed by atoms with Gasteiger partial charge in [-0.2, -0.15) is 4.31 Å². The Labute approximate surface area is 181 Å². The number of carboxylic acids is 1. The largest absolute Gasteiger partial charge is 0.490 e. The van der Waals surface area contributed by atoms with Gasteiger partial charge in [0.05, 0.1) is 30.6 Å². The van der Waals surface area contributed by atoms with E-state index in [1.54, 1.807) is 18.2 Å². The van der Waals surface area contributed by atoms with Crippen molar-refractivity contribution in [3.8, 4) is 11.5 Å². The van der Waals surface area contributed by atoms with Crippen LogP contribution in [0.5, 0.6) is 11.5 Å². The number of benzene rings is 2. The highest BCUT2D eigenvalue weighted by Crippen LogP contribution is 2.42. The quantitative estimate of drug-likeness (QED) is 0.651.